The smallest absolute Gasteiger partial charge is 0.336 e. The summed E-state index contributed by atoms with van der Waals surface area (Å²) >= 11 is 0. The molecule has 1 atom stereocenters. The minimum absolute atomic E-state index is 0.0955. The Morgan fingerprint density at radius 3 is 2.33 bits per heavy atom. The molecule has 0 aliphatic heterocycles. The molecule has 0 radical (unpaired) electrons. The zero-order valence-corrected chi connectivity index (χ0v) is 17.5. The van der Waals surface area contributed by atoms with E-state index in [-0.39, 0.29) is 6.42 Å². The first-order valence-corrected chi connectivity index (χ1v) is 10.3. The van der Waals surface area contributed by atoms with Crippen LogP contribution in [0.2, 0.25) is 0 Å². The molecule has 1 heterocycles. The molecule has 0 saturated carbocycles. The summed E-state index contributed by atoms with van der Waals surface area (Å²) in [5.41, 5.74) is 2.16. The number of amides is 1. The number of ether oxygens (including phenoxy) is 1. The number of aliphatic carboxylic acids is 1. The second-order valence-electron chi connectivity index (χ2n) is 7.42. The van der Waals surface area contributed by atoms with Crippen LogP contribution in [-0.2, 0) is 16.0 Å². The Bertz CT molecular complexity index is 1330. The Labute approximate surface area is 189 Å². The largest absolute Gasteiger partial charge is 0.548 e. The zero-order chi connectivity index (χ0) is 23.2. The van der Waals surface area contributed by atoms with E-state index in [9.17, 15) is 19.5 Å². The van der Waals surface area contributed by atoms with Gasteiger partial charge in [-0.1, -0.05) is 60.7 Å². The lowest BCUT2D eigenvalue weighted by Crippen LogP contribution is -2.50. The zero-order valence-electron chi connectivity index (χ0n) is 17.5. The van der Waals surface area contributed by atoms with Gasteiger partial charge in [0.1, 0.15) is 11.3 Å². The molecule has 0 aliphatic carbocycles. The minimum atomic E-state index is -1.38. The number of carboxylic acid groups (broad SMARTS) is 1. The van der Waals surface area contributed by atoms with E-state index < -0.39 is 30.2 Å². The Morgan fingerprint density at radius 1 is 0.939 bits per heavy atom. The van der Waals surface area contributed by atoms with Gasteiger partial charge in [-0.25, -0.2) is 4.79 Å². The quantitative estimate of drug-likeness (QED) is 0.420. The molecule has 0 bridgehead atoms. The highest BCUT2D eigenvalue weighted by molar-refractivity contribution is 5.93. The molecule has 33 heavy (non-hydrogen) atoms. The van der Waals surface area contributed by atoms with E-state index in [0.29, 0.717) is 11.3 Å². The van der Waals surface area contributed by atoms with Crippen LogP contribution in [0.1, 0.15) is 5.56 Å². The first kappa shape index (κ1) is 21.8. The predicted octanol–water partition coefficient (Wildman–Crippen LogP) is 2.32. The lowest BCUT2D eigenvalue weighted by molar-refractivity contribution is -0.308. The average Bonchev–Trinajstić information content (AvgIpc) is 2.82. The number of fused-ring (bicyclic) bond motifs is 1. The highest BCUT2D eigenvalue weighted by atomic mass is 16.5. The third kappa shape index (κ3) is 5.46. The summed E-state index contributed by atoms with van der Waals surface area (Å²) in [5.74, 6) is -1.69. The first-order valence-electron chi connectivity index (χ1n) is 10.3. The van der Waals surface area contributed by atoms with E-state index in [4.69, 9.17) is 9.15 Å². The van der Waals surface area contributed by atoms with Crippen LogP contribution in [0.25, 0.3) is 22.1 Å². The monoisotopic (exact) mass is 442 g/mol. The molecule has 0 spiro atoms. The number of hydrogen-bond donors (Lipinski definition) is 1. The van der Waals surface area contributed by atoms with Crippen molar-refractivity contribution in [2.75, 3.05) is 6.61 Å². The van der Waals surface area contributed by atoms with Gasteiger partial charge in [0.2, 0.25) is 0 Å². The van der Waals surface area contributed by atoms with Crippen molar-refractivity contribution in [3.8, 4) is 16.9 Å². The lowest BCUT2D eigenvalue weighted by Gasteiger charge is -2.20. The number of carboxylic acids is 1. The maximum Gasteiger partial charge on any atom is 0.336 e. The fraction of sp³-hybridized carbons (Fsp3) is 0.115. The molecular weight excluding hydrogens is 422 g/mol. The maximum absolute atomic E-state index is 12.3. The van der Waals surface area contributed by atoms with E-state index in [1.54, 1.807) is 36.4 Å². The van der Waals surface area contributed by atoms with Crippen molar-refractivity contribution < 1.29 is 23.8 Å². The average molecular weight is 442 g/mol. The topological polar surface area (TPSA) is 109 Å². The van der Waals surface area contributed by atoms with Gasteiger partial charge < -0.3 is 24.4 Å². The standard InChI is InChI=1S/C26H21NO6/c28-24(27-22(26(30)31)13-17-7-3-1-4-8-17)16-32-19-11-12-20-21(18-9-5-2-6-10-18)15-25(29)33-23(20)14-19/h1-12,14-15,22H,13,16H2,(H,27,28)(H,30,31)/p-1/t22-/m0/s1. The fourth-order valence-corrected chi connectivity index (χ4v) is 3.52. The molecule has 1 amide bonds. The van der Waals surface area contributed by atoms with Crippen molar-refractivity contribution in [3.63, 3.8) is 0 Å². The van der Waals surface area contributed by atoms with Gasteiger partial charge in [-0.05, 0) is 35.2 Å². The maximum atomic E-state index is 12.3. The van der Waals surface area contributed by atoms with Crippen LogP contribution in [0.15, 0.2) is 94.1 Å². The van der Waals surface area contributed by atoms with Gasteiger partial charge >= 0.3 is 5.63 Å². The molecule has 3 aromatic carbocycles. The van der Waals surface area contributed by atoms with Crippen molar-refractivity contribution in [1.82, 2.24) is 5.32 Å². The van der Waals surface area contributed by atoms with Crippen LogP contribution in [0.5, 0.6) is 5.75 Å². The molecule has 166 valence electrons. The molecule has 0 saturated heterocycles. The van der Waals surface area contributed by atoms with Crippen LogP contribution < -0.4 is 20.8 Å². The summed E-state index contributed by atoms with van der Waals surface area (Å²) < 4.78 is 10.8. The fourth-order valence-electron chi connectivity index (χ4n) is 3.52. The van der Waals surface area contributed by atoms with E-state index in [2.05, 4.69) is 5.32 Å². The van der Waals surface area contributed by atoms with Crippen molar-refractivity contribution in [1.29, 1.82) is 0 Å². The molecule has 0 unspecified atom stereocenters. The number of nitrogens with one attached hydrogen (secondary N) is 1. The summed E-state index contributed by atoms with van der Waals surface area (Å²) in [5, 5.41) is 14.6. The molecule has 1 aromatic heterocycles. The summed E-state index contributed by atoms with van der Waals surface area (Å²) in [6, 6.07) is 23.5. The predicted molar refractivity (Wildman–Crippen MR) is 120 cm³/mol. The lowest BCUT2D eigenvalue weighted by atomic mass is 10.0. The Kier molecular flexibility index (Phi) is 6.50. The molecule has 0 fully saturated rings. The van der Waals surface area contributed by atoms with Gasteiger partial charge in [0.05, 0.1) is 12.0 Å². The van der Waals surface area contributed by atoms with E-state index >= 15 is 0 Å². The van der Waals surface area contributed by atoms with E-state index in [0.717, 1.165) is 22.1 Å². The summed E-state index contributed by atoms with van der Waals surface area (Å²) in [6.07, 6.45) is 0.0955. The van der Waals surface area contributed by atoms with Crippen LogP contribution in [0.4, 0.5) is 0 Å². The van der Waals surface area contributed by atoms with Gasteiger partial charge in [0.15, 0.2) is 6.61 Å². The molecule has 4 rings (SSSR count). The Hall–Kier alpha value is -4.39. The van der Waals surface area contributed by atoms with Gasteiger partial charge in [-0.15, -0.1) is 0 Å². The molecule has 7 nitrogen and oxygen atoms in total. The number of rotatable bonds is 8. The Balaban J connectivity index is 1.46. The number of benzene rings is 3. The minimum Gasteiger partial charge on any atom is -0.548 e. The van der Waals surface area contributed by atoms with E-state index in [1.807, 2.05) is 36.4 Å². The number of hydrogen-bond acceptors (Lipinski definition) is 6. The second-order valence-corrected chi connectivity index (χ2v) is 7.42. The number of carbonyl (C=O) groups excluding carboxylic acids is 2. The van der Waals surface area contributed by atoms with Crippen LogP contribution in [0.3, 0.4) is 0 Å². The van der Waals surface area contributed by atoms with Gasteiger partial charge in [-0.2, -0.15) is 0 Å². The Morgan fingerprint density at radius 2 is 1.64 bits per heavy atom. The van der Waals surface area contributed by atoms with Crippen molar-refractivity contribution >= 4 is 22.8 Å². The summed E-state index contributed by atoms with van der Waals surface area (Å²) in [4.78, 5) is 35.8. The normalized spacial score (nSPS) is 11.6. The molecule has 7 heteroatoms. The van der Waals surface area contributed by atoms with Crippen LogP contribution >= 0.6 is 0 Å². The third-order valence-corrected chi connectivity index (χ3v) is 5.07. The SMILES string of the molecule is O=C(COc1ccc2c(-c3ccccc3)cc(=O)oc2c1)N[C@@H](Cc1ccccc1)C(=O)[O-]. The summed E-state index contributed by atoms with van der Waals surface area (Å²) in [7, 11) is 0. The van der Waals surface area contributed by atoms with Crippen LogP contribution in [-0.4, -0.2) is 24.5 Å². The molecule has 4 aromatic rings. The summed E-state index contributed by atoms with van der Waals surface area (Å²) in [6.45, 7) is -0.410. The van der Waals surface area contributed by atoms with Gasteiger partial charge in [-0.3, -0.25) is 4.79 Å². The second kappa shape index (κ2) is 9.82. The highest BCUT2D eigenvalue weighted by Gasteiger charge is 2.15. The number of carbonyl (C=O) groups is 2. The van der Waals surface area contributed by atoms with Crippen molar-refractivity contribution in [2.24, 2.45) is 0 Å². The van der Waals surface area contributed by atoms with Gasteiger partial charge in [0, 0.05) is 17.5 Å². The van der Waals surface area contributed by atoms with Crippen LogP contribution in [0, 0.1) is 0 Å². The van der Waals surface area contributed by atoms with Crippen molar-refractivity contribution in [3.05, 3.63) is 101 Å². The molecular formula is C26H20NO6-. The highest BCUT2D eigenvalue weighted by Crippen LogP contribution is 2.29. The van der Waals surface area contributed by atoms with Gasteiger partial charge in [0.25, 0.3) is 5.91 Å². The van der Waals surface area contributed by atoms with Crippen molar-refractivity contribution in [2.45, 2.75) is 12.5 Å². The molecule has 0 aliphatic rings. The van der Waals surface area contributed by atoms with E-state index in [1.165, 1.54) is 12.1 Å². The first-order chi connectivity index (χ1) is 16.0. The molecule has 1 N–H and O–H groups in total. The third-order valence-electron chi connectivity index (χ3n) is 5.07.